The summed E-state index contributed by atoms with van der Waals surface area (Å²) in [5.41, 5.74) is 2.69. The molecule has 0 spiro atoms. The number of anilines is 1. The van der Waals surface area contributed by atoms with Gasteiger partial charge in [0.1, 0.15) is 0 Å². The van der Waals surface area contributed by atoms with Gasteiger partial charge in [-0.25, -0.2) is 0 Å². The Labute approximate surface area is 137 Å². The lowest BCUT2D eigenvalue weighted by atomic mass is 9.98. The van der Waals surface area contributed by atoms with Crippen LogP contribution in [-0.2, 0) is 4.74 Å². The van der Waals surface area contributed by atoms with Crippen molar-refractivity contribution < 1.29 is 4.74 Å². The van der Waals surface area contributed by atoms with E-state index in [2.05, 4.69) is 65.2 Å². The van der Waals surface area contributed by atoms with Gasteiger partial charge < -0.3 is 15.0 Å². The Balaban J connectivity index is 2.13. The predicted molar refractivity (Wildman–Crippen MR) is 93.0 cm³/mol. The summed E-state index contributed by atoms with van der Waals surface area (Å²) in [5.74, 6) is 0.741. The van der Waals surface area contributed by atoms with Crippen LogP contribution in [0.1, 0.15) is 38.3 Å². The molecule has 1 atom stereocenters. The van der Waals surface area contributed by atoms with E-state index in [1.807, 2.05) is 0 Å². The smallest absolute Gasteiger partial charge is 0.0469 e. The van der Waals surface area contributed by atoms with Crippen LogP contribution in [0.5, 0.6) is 0 Å². The second-order valence-corrected chi connectivity index (χ2v) is 6.83. The van der Waals surface area contributed by atoms with Gasteiger partial charge in [0.15, 0.2) is 0 Å². The Morgan fingerprint density at radius 1 is 1.38 bits per heavy atom. The van der Waals surface area contributed by atoms with E-state index in [0.29, 0.717) is 6.04 Å². The van der Waals surface area contributed by atoms with Crippen LogP contribution in [0, 0.1) is 5.92 Å². The Morgan fingerprint density at radius 3 is 2.76 bits per heavy atom. The summed E-state index contributed by atoms with van der Waals surface area (Å²) in [7, 11) is 2.21. The average molecular weight is 355 g/mol. The second-order valence-electron chi connectivity index (χ2n) is 5.92. The molecule has 1 unspecified atom stereocenters. The Hall–Kier alpha value is -0.580. The van der Waals surface area contributed by atoms with Crippen molar-refractivity contribution in [3.8, 4) is 0 Å². The highest BCUT2D eigenvalue weighted by Crippen LogP contribution is 2.30. The number of ether oxygens (including phenoxy) is 1. The predicted octanol–water partition coefficient (Wildman–Crippen LogP) is 3.98. The van der Waals surface area contributed by atoms with Crippen molar-refractivity contribution in [1.29, 1.82) is 0 Å². The quantitative estimate of drug-likeness (QED) is 0.835. The summed E-state index contributed by atoms with van der Waals surface area (Å²) in [6, 6.07) is 6.97. The highest BCUT2D eigenvalue weighted by Gasteiger charge is 2.19. The lowest BCUT2D eigenvalue weighted by molar-refractivity contribution is 0.0685. The number of hydrogen-bond acceptors (Lipinski definition) is 3. The van der Waals surface area contributed by atoms with Crippen molar-refractivity contribution in [2.24, 2.45) is 5.92 Å². The van der Waals surface area contributed by atoms with Gasteiger partial charge in [0, 0.05) is 43.0 Å². The van der Waals surface area contributed by atoms with Crippen molar-refractivity contribution in [2.75, 3.05) is 38.3 Å². The van der Waals surface area contributed by atoms with Gasteiger partial charge in [-0.15, -0.1) is 0 Å². The molecule has 2 rings (SSSR count). The first-order chi connectivity index (χ1) is 10.1. The maximum Gasteiger partial charge on any atom is 0.0469 e. The standard InChI is InChI=1S/C17H27BrN2O/c1-4-19-13(2)16-6-5-15(18)11-17(16)20(3)12-14-7-9-21-10-8-14/h5-6,11,13-14,19H,4,7-10,12H2,1-3H3. The fourth-order valence-corrected chi connectivity index (χ4v) is 3.39. The van der Waals surface area contributed by atoms with Crippen LogP contribution in [-0.4, -0.2) is 33.4 Å². The van der Waals surface area contributed by atoms with Crippen molar-refractivity contribution in [1.82, 2.24) is 5.32 Å². The van der Waals surface area contributed by atoms with Crippen LogP contribution in [0.2, 0.25) is 0 Å². The molecule has 1 aliphatic rings. The minimum absolute atomic E-state index is 0.371. The number of halogens is 1. The van der Waals surface area contributed by atoms with E-state index in [4.69, 9.17) is 4.74 Å². The van der Waals surface area contributed by atoms with Gasteiger partial charge in [-0.3, -0.25) is 0 Å². The number of hydrogen-bond donors (Lipinski definition) is 1. The molecule has 21 heavy (non-hydrogen) atoms. The fraction of sp³-hybridized carbons (Fsp3) is 0.647. The zero-order valence-electron chi connectivity index (χ0n) is 13.4. The second kappa shape index (κ2) is 8.16. The molecule has 1 N–H and O–H groups in total. The molecule has 0 bridgehead atoms. The molecule has 3 nitrogen and oxygen atoms in total. The maximum absolute atomic E-state index is 5.46. The van der Waals surface area contributed by atoms with Crippen LogP contribution in [0.3, 0.4) is 0 Å². The molecule has 0 radical (unpaired) electrons. The fourth-order valence-electron chi connectivity index (χ4n) is 3.04. The first kappa shape index (κ1) is 16.8. The van der Waals surface area contributed by atoms with Crippen molar-refractivity contribution >= 4 is 21.6 Å². The third kappa shape index (κ3) is 4.70. The number of nitrogens with one attached hydrogen (secondary N) is 1. The van der Waals surface area contributed by atoms with E-state index in [0.717, 1.165) is 36.7 Å². The third-order valence-electron chi connectivity index (χ3n) is 4.25. The molecule has 118 valence electrons. The van der Waals surface area contributed by atoms with Crippen molar-refractivity contribution in [3.05, 3.63) is 28.2 Å². The summed E-state index contributed by atoms with van der Waals surface area (Å²) >= 11 is 3.61. The maximum atomic E-state index is 5.46. The number of nitrogens with zero attached hydrogens (tertiary/aromatic N) is 1. The van der Waals surface area contributed by atoms with Crippen LogP contribution in [0.4, 0.5) is 5.69 Å². The minimum Gasteiger partial charge on any atom is -0.381 e. The summed E-state index contributed by atoms with van der Waals surface area (Å²) in [6.45, 7) is 8.31. The molecule has 1 aromatic carbocycles. The third-order valence-corrected chi connectivity index (χ3v) is 4.75. The molecule has 1 heterocycles. The Kier molecular flexibility index (Phi) is 6.52. The lowest BCUT2D eigenvalue weighted by Crippen LogP contribution is -2.31. The highest BCUT2D eigenvalue weighted by molar-refractivity contribution is 9.10. The Morgan fingerprint density at radius 2 is 2.10 bits per heavy atom. The minimum atomic E-state index is 0.371. The van der Waals surface area contributed by atoms with Gasteiger partial charge in [0.2, 0.25) is 0 Å². The van der Waals surface area contributed by atoms with E-state index in [9.17, 15) is 0 Å². The molecular formula is C17H27BrN2O. The normalized spacial score (nSPS) is 17.7. The van der Waals surface area contributed by atoms with E-state index in [1.165, 1.54) is 24.1 Å². The molecule has 1 aliphatic heterocycles. The molecule has 1 fully saturated rings. The van der Waals surface area contributed by atoms with E-state index < -0.39 is 0 Å². The SMILES string of the molecule is CCNC(C)c1ccc(Br)cc1N(C)CC1CCOCC1. The summed E-state index contributed by atoms with van der Waals surface area (Å²) in [5, 5.41) is 3.52. The van der Waals surface area contributed by atoms with Crippen LogP contribution in [0.25, 0.3) is 0 Å². The topological polar surface area (TPSA) is 24.5 Å². The largest absolute Gasteiger partial charge is 0.381 e. The van der Waals surface area contributed by atoms with Gasteiger partial charge >= 0.3 is 0 Å². The number of benzene rings is 1. The highest BCUT2D eigenvalue weighted by atomic mass is 79.9. The zero-order valence-corrected chi connectivity index (χ0v) is 14.9. The molecule has 0 saturated carbocycles. The molecule has 0 aromatic heterocycles. The molecule has 0 aliphatic carbocycles. The lowest BCUT2D eigenvalue weighted by Gasteiger charge is -2.31. The van der Waals surface area contributed by atoms with Gasteiger partial charge in [-0.05, 0) is 49.9 Å². The molecule has 1 aromatic rings. The summed E-state index contributed by atoms with van der Waals surface area (Å²) in [4.78, 5) is 2.41. The first-order valence-corrected chi connectivity index (χ1v) is 8.72. The van der Waals surface area contributed by atoms with Crippen molar-refractivity contribution in [3.63, 3.8) is 0 Å². The van der Waals surface area contributed by atoms with E-state index in [-0.39, 0.29) is 0 Å². The molecule has 1 saturated heterocycles. The van der Waals surface area contributed by atoms with Gasteiger partial charge in [0.25, 0.3) is 0 Å². The average Bonchev–Trinajstić information content (AvgIpc) is 2.48. The molecular weight excluding hydrogens is 328 g/mol. The van der Waals surface area contributed by atoms with Crippen molar-refractivity contribution in [2.45, 2.75) is 32.7 Å². The first-order valence-electron chi connectivity index (χ1n) is 7.93. The zero-order chi connectivity index (χ0) is 15.2. The molecule has 4 heteroatoms. The van der Waals surface area contributed by atoms with Crippen LogP contribution >= 0.6 is 15.9 Å². The van der Waals surface area contributed by atoms with Gasteiger partial charge in [0.05, 0.1) is 0 Å². The summed E-state index contributed by atoms with van der Waals surface area (Å²) < 4.78 is 6.61. The summed E-state index contributed by atoms with van der Waals surface area (Å²) in [6.07, 6.45) is 2.35. The monoisotopic (exact) mass is 354 g/mol. The Bertz CT molecular complexity index is 446. The number of rotatable bonds is 6. The van der Waals surface area contributed by atoms with Gasteiger partial charge in [-0.2, -0.15) is 0 Å². The van der Waals surface area contributed by atoms with Crippen LogP contribution in [0.15, 0.2) is 22.7 Å². The van der Waals surface area contributed by atoms with E-state index in [1.54, 1.807) is 0 Å². The molecule has 0 amide bonds. The van der Waals surface area contributed by atoms with Crippen LogP contribution < -0.4 is 10.2 Å². The van der Waals surface area contributed by atoms with E-state index >= 15 is 0 Å². The van der Waals surface area contributed by atoms with Gasteiger partial charge in [-0.1, -0.05) is 28.9 Å².